The number of hydrogen-bond acceptors (Lipinski definition) is 3. The van der Waals surface area contributed by atoms with Crippen LogP contribution in [0.25, 0.3) is 0 Å². The molecule has 0 N–H and O–H groups in total. The van der Waals surface area contributed by atoms with E-state index in [1.54, 1.807) is 16.2 Å². The number of hydrogen-bond donors (Lipinski definition) is 0. The average molecular weight is 394 g/mol. The highest BCUT2D eigenvalue weighted by Gasteiger charge is 2.19. The van der Waals surface area contributed by atoms with Crippen molar-refractivity contribution in [3.8, 4) is 0 Å². The molecule has 0 aliphatic heterocycles. The fourth-order valence-electron chi connectivity index (χ4n) is 1.70. The molecule has 2 rings (SSSR count). The lowest BCUT2D eigenvalue weighted by atomic mass is 10.2. The van der Waals surface area contributed by atoms with Gasteiger partial charge < -0.3 is 4.90 Å². The smallest absolute Gasteiger partial charge is 0.255 e. The van der Waals surface area contributed by atoms with E-state index in [2.05, 4.69) is 20.9 Å². The number of nitrogens with zero attached hydrogens (tertiary/aromatic N) is 2. The minimum atomic E-state index is -0.147. The standard InChI is InChI=1S/C13H11BrCl2N2OS/c1-2-18(7-8-3-4-11(14)20-8)13(19)9-5-12(16)17-6-10(9)15/h3-6H,2,7H2,1H3. The predicted molar refractivity (Wildman–Crippen MR) is 86.7 cm³/mol. The van der Waals surface area contributed by atoms with Gasteiger partial charge in [0.05, 0.1) is 20.9 Å². The van der Waals surface area contributed by atoms with Gasteiger partial charge in [0.2, 0.25) is 0 Å². The zero-order chi connectivity index (χ0) is 14.7. The summed E-state index contributed by atoms with van der Waals surface area (Å²) in [6, 6.07) is 5.46. The van der Waals surface area contributed by atoms with Crippen LogP contribution < -0.4 is 0 Å². The number of pyridine rings is 1. The molecule has 0 spiro atoms. The van der Waals surface area contributed by atoms with Gasteiger partial charge in [-0.3, -0.25) is 4.79 Å². The van der Waals surface area contributed by atoms with Crippen LogP contribution in [-0.4, -0.2) is 22.3 Å². The second kappa shape index (κ2) is 6.89. The molecule has 3 nitrogen and oxygen atoms in total. The summed E-state index contributed by atoms with van der Waals surface area (Å²) in [5, 5.41) is 0.567. The maximum atomic E-state index is 12.5. The first-order chi connectivity index (χ1) is 9.51. The van der Waals surface area contributed by atoms with Gasteiger partial charge in [-0.25, -0.2) is 4.98 Å². The van der Waals surface area contributed by atoms with Gasteiger partial charge in [-0.15, -0.1) is 11.3 Å². The monoisotopic (exact) mass is 392 g/mol. The Morgan fingerprint density at radius 2 is 2.20 bits per heavy atom. The maximum Gasteiger partial charge on any atom is 0.255 e. The minimum Gasteiger partial charge on any atom is -0.334 e. The van der Waals surface area contributed by atoms with Gasteiger partial charge in [-0.05, 0) is 41.1 Å². The molecule has 2 aromatic rings. The van der Waals surface area contributed by atoms with Crippen molar-refractivity contribution in [3.63, 3.8) is 0 Å². The van der Waals surface area contributed by atoms with Crippen molar-refractivity contribution in [2.75, 3.05) is 6.54 Å². The van der Waals surface area contributed by atoms with Crippen LogP contribution in [0.15, 0.2) is 28.2 Å². The molecule has 106 valence electrons. The van der Waals surface area contributed by atoms with Crippen molar-refractivity contribution in [2.45, 2.75) is 13.5 Å². The summed E-state index contributed by atoms with van der Waals surface area (Å²) in [5.74, 6) is -0.147. The van der Waals surface area contributed by atoms with E-state index < -0.39 is 0 Å². The van der Waals surface area contributed by atoms with E-state index in [1.807, 2.05) is 19.1 Å². The van der Waals surface area contributed by atoms with Crippen LogP contribution in [-0.2, 0) is 6.54 Å². The summed E-state index contributed by atoms with van der Waals surface area (Å²) in [6.07, 6.45) is 1.40. The second-order valence-electron chi connectivity index (χ2n) is 4.01. The zero-order valence-corrected chi connectivity index (χ0v) is 14.5. The van der Waals surface area contributed by atoms with Crippen LogP contribution in [0.3, 0.4) is 0 Å². The Kier molecular flexibility index (Phi) is 5.43. The van der Waals surface area contributed by atoms with E-state index in [9.17, 15) is 4.79 Å². The number of carbonyl (C=O) groups is 1. The van der Waals surface area contributed by atoms with Crippen LogP contribution in [0.4, 0.5) is 0 Å². The van der Waals surface area contributed by atoms with E-state index in [0.29, 0.717) is 23.7 Å². The van der Waals surface area contributed by atoms with E-state index in [0.717, 1.165) is 8.66 Å². The summed E-state index contributed by atoms with van der Waals surface area (Å²) < 4.78 is 1.04. The fourth-order valence-corrected chi connectivity index (χ4v) is 3.54. The first-order valence-corrected chi connectivity index (χ1v) is 8.22. The molecule has 0 aliphatic carbocycles. The molecular weight excluding hydrogens is 383 g/mol. The number of aromatic nitrogens is 1. The van der Waals surface area contributed by atoms with Crippen LogP contribution in [0.5, 0.6) is 0 Å². The summed E-state index contributed by atoms with van der Waals surface area (Å²) in [6.45, 7) is 3.06. The average Bonchev–Trinajstić information content (AvgIpc) is 2.83. The van der Waals surface area contributed by atoms with Gasteiger partial charge in [-0.2, -0.15) is 0 Å². The first kappa shape index (κ1) is 15.8. The third-order valence-corrected chi connectivity index (χ3v) is 4.81. The van der Waals surface area contributed by atoms with Crippen molar-refractivity contribution in [1.82, 2.24) is 9.88 Å². The Hall–Kier alpha value is -0.620. The van der Waals surface area contributed by atoms with Crippen molar-refractivity contribution in [1.29, 1.82) is 0 Å². The molecule has 0 radical (unpaired) electrons. The normalized spacial score (nSPS) is 10.6. The highest BCUT2D eigenvalue weighted by Crippen LogP contribution is 2.25. The Morgan fingerprint density at radius 1 is 1.45 bits per heavy atom. The molecule has 0 fully saturated rings. The topological polar surface area (TPSA) is 33.2 Å². The molecule has 2 heterocycles. The highest BCUT2D eigenvalue weighted by molar-refractivity contribution is 9.11. The van der Waals surface area contributed by atoms with E-state index in [-0.39, 0.29) is 11.1 Å². The lowest BCUT2D eigenvalue weighted by Gasteiger charge is -2.20. The number of thiophene rings is 1. The molecule has 1 amide bonds. The van der Waals surface area contributed by atoms with Crippen LogP contribution >= 0.6 is 50.5 Å². The number of carbonyl (C=O) groups excluding carboxylic acids is 1. The first-order valence-electron chi connectivity index (χ1n) is 5.85. The number of rotatable bonds is 4. The number of halogens is 3. The lowest BCUT2D eigenvalue weighted by molar-refractivity contribution is 0.0754. The minimum absolute atomic E-state index is 0.147. The van der Waals surface area contributed by atoms with Crippen LogP contribution in [0.1, 0.15) is 22.2 Å². The SMILES string of the molecule is CCN(Cc1ccc(Br)s1)C(=O)c1cc(Cl)ncc1Cl. The van der Waals surface area contributed by atoms with Gasteiger partial charge in [-0.1, -0.05) is 23.2 Å². The molecule has 0 saturated heterocycles. The van der Waals surface area contributed by atoms with Crippen molar-refractivity contribution < 1.29 is 4.79 Å². The summed E-state index contributed by atoms with van der Waals surface area (Å²) in [4.78, 5) is 19.2. The lowest BCUT2D eigenvalue weighted by Crippen LogP contribution is -2.30. The molecule has 2 aromatic heterocycles. The summed E-state index contributed by atoms with van der Waals surface area (Å²) in [7, 11) is 0. The Balaban J connectivity index is 2.22. The molecule has 0 aliphatic rings. The largest absolute Gasteiger partial charge is 0.334 e. The Bertz CT molecular complexity index is 633. The van der Waals surface area contributed by atoms with Gasteiger partial charge in [0.25, 0.3) is 5.91 Å². The summed E-state index contributed by atoms with van der Waals surface area (Å²) >= 11 is 16.9. The van der Waals surface area contributed by atoms with Crippen molar-refractivity contribution >= 4 is 56.4 Å². The molecular formula is C13H11BrCl2N2OS. The van der Waals surface area contributed by atoms with Gasteiger partial charge >= 0.3 is 0 Å². The maximum absolute atomic E-state index is 12.5. The third-order valence-electron chi connectivity index (χ3n) is 2.70. The van der Waals surface area contributed by atoms with Crippen molar-refractivity contribution in [3.05, 3.63) is 48.8 Å². The Labute approximate surface area is 139 Å². The molecule has 0 atom stereocenters. The van der Waals surface area contributed by atoms with Crippen LogP contribution in [0.2, 0.25) is 10.2 Å². The predicted octanol–water partition coefficient (Wildman–Crippen LogP) is 4.87. The molecule has 0 bridgehead atoms. The van der Waals surface area contributed by atoms with E-state index in [4.69, 9.17) is 23.2 Å². The molecule has 0 unspecified atom stereocenters. The summed E-state index contributed by atoms with van der Waals surface area (Å²) in [5.41, 5.74) is 0.379. The molecule has 7 heteroatoms. The second-order valence-corrected chi connectivity index (χ2v) is 7.35. The van der Waals surface area contributed by atoms with Gasteiger partial charge in [0.15, 0.2) is 0 Å². The van der Waals surface area contributed by atoms with Crippen LogP contribution in [0, 0.1) is 0 Å². The van der Waals surface area contributed by atoms with E-state index in [1.165, 1.54) is 12.3 Å². The molecule has 20 heavy (non-hydrogen) atoms. The highest BCUT2D eigenvalue weighted by atomic mass is 79.9. The zero-order valence-electron chi connectivity index (χ0n) is 10.6. The van der Waals surface area contributed by atoms with Crippen molar-refractivity contribution in [2.24, 2.45) is 0 Å². The van der Waals surface area contributed by atoms with Gasteiger partial charge in [0, 0.05) is 17.6 Å². The molecule has 0 aromatic carbocycles. The third kappa shape index (κ3) is 3.73. The van der Waals surface area contributed by atoms with Gasteiger partial charge in [0.1, 0.15) is 5.15 Å². The fraction of sp³-hybridized carbons (Fsp3) is 0.231. The molecule has 0 saturated carbocycles. The number of amides is 1. The quantitative estimate of drug-likeness (QED) is 0.694. The Morgan fingerprint density at radius 3 is 2.80 bits per heavy atom. The van der Waals surface area contributed by atoms with E-state index >= 15 is 0 Å².